The molecule has 2 aromatic heterocycles. The van der Waals surface area contributed by atoms with Crippen molar-refractivity contribution in [3.8, 4) is 0 Å². The predicted molar refractivity (Wildman–Crippen MR) is 69.8 cm³/mol. The largest absolute Gasteiger partial charge is 0.339 e. The van der Waals surface area contributed by atoms with Crippen molar-refractivity contribution in [3.05, 3.63) is 47.0 Å². The molecule has 0 aromatic carbocycles. The highest BCUT2D eigenvalue weighted by molar-refractivity contribution is 6.31. The Morgan fingerprint density at radius 3 is 2.80 bits per heavy atom. The van der Waals surface area contributed by atoms with Crippen molar-refractivity contribution in [2.24, 2.45) is 0 Å². The number of hydrogen-bond acceptors (Lipinski definition) is 2. The Kier molecular flexibility index (Phi) is 3.17. The summed E-state index contributed by atoms with van der Waals surface area (Å²) in [5.74, 6) is -2.50. The van der Waals surface area contributed by atoms with Gasteiger partial charge in [-0.25, -0.2) is 0 Å². The van der Waals surface area contributed by atoms with E-state index in [1.807, 2.05) is 0 Å². The van der Waals surface area contributed by atoms with E-state index in [2.05, 4.69) is 10.3 Å². The summed E-state index contributed by atoms with van der Waals surface area (Å²) in [6.07, 6.45) is 3.64. The molecular formula is C13H10ClF2N3O. The van der Waals surface area contributed by atoms with Crippen LogP contribution >= 0.6 is 11.6 Å². The smallest absolute Gasteiger partial charge is 0.272 e. The van der Waals surface area contributed by atoms with Crippen LogP contribution in [0.2, 0.25) is 5.02 Å². The SMILES string of the molecule is O=C(Nc1ccc(F)nc1F)c1cc(Cl)cn1C1CC1. The second-order valence-corrected chi connectivity index (χ2v) is 5.04. The third-order valence-corrected chi connectivity index (χ3v) is 3.26. The number of aromatic nitrogens is 2. The van der Waals surface area contributed by atoms with Crippen LogP contribution in [0, 0.1) is 11.9 Å². The zero-order valence-electron chi connectivity index (χ0n) is 10.2. The van der Waals surface area contributed by atoms with Crippen LogP contribution in [-0.2, 0) is 0 Å². The van der Waals surface area contributed by atoms with E-state index in [1.165, 1.54) is 6.07 Å². The van der Waals surface area contributed by atoms with E-state index in [0.29, 0.717) is 10.7 Å². The van der Waals surface area contributed by atoms with E-state index in [9.17, 15) is 13.6 Å². The molecule has 3 rings (SSSR count). The first-order valence-corrected chi connectivity index (χ1v) is 6.43. The lowest BCUT2D eigenvalue weighted by Gasteiger charge is -2.08. The molecule has 4 nitrogen and oxygen atoms in total. The van der Waals surface area contributed by atoms with E-state index >= 15 is 0 Å². The Balaban J connectivity index is 1.86. The summed E-state index contributed by atoms with van der Waals surface area (Å²) in [5.41, 5.74) is 0.178. The Morgan fingerprint density at radius 2 is 2.15 bits per heavy atom. The van der Waals surface area contributed by atoms with E-state index in [-0.39, 0.29) is 11.7 Å². The van der Waals surface area contributed by atoms with E-state index in [1.54, 1.807) is 10.8 Å². The fourth-order valence-electron chi connectivity index (χ4n) is 1.97. The van der Waals surface area contributed by atoms with Gasteiger partial charge in [0.15, 0.2) is 0 Å². The lowest BCUT2D eigenvalue weighted by molar-refractivity contribution is 0.101. The summed E-state index contributed by atoms with van der Waals surface area (Å²) >= 11 is 5.90. The fraction of sp³-hybridized carbons (Fsp3) is 0.231. The molecule has 104 valence electrons. The number of halogens is 3. The lowest BCUT2D eigenvalue weighted by Crippen LogP contribution is -2.17. The number of carbonyl (C=O) groups is 1. The summed E-state index contributed by atoms with van der Waals surface area (Å²) < 4.78 is 27.9. The average molecular weight is 298 g/mol. The molecule has 0 radical (unpaired) electrons. The molecule has 1 fully saturated rings. The van der Waals surface area contributed by atoms with E-state index in [4.69, 9.17) is 11.6 Å². The highest BCUT2D eigenvalue weighted by atomic mass is 35.5. The third kappa shape index (κ3) is 2.51. The van der Waals surface area contributed by atoms with Gasteiger partial charge in [0.05, 0.1) is 10.7 Å². The lowest BCUT2D eigenvalue weighted by atomic mass is 10.3. The average Bonchev–Trinajstić information content (AvgIpc) is 3.16. The van der Waals surface area contributed by atoms with Crippen LogP contribution in [0.25, 0.3) is 0 Å². The van der Waals surface area contributed by atoms with Gasteiger partial charge in [0.25, 0.3) is 5.91 Å². The standard InChI is InChI=1S/C13H10ClF2N3O/c14-7-5-10(19(6-7)8-1-2-8)13(20)17-9-3-4-11(15)18-12(9)16/h3-6,8H,1-2H2,(H,17,20). The molecule has 2 heterocycles. The van der Waals surface area contributed by atoms with Gasteiger partial charge in [0, 0.05) is 12.2 Å². The Morgan fingerprint density at radius 1 is 1.40 bits per heavy atom. The van der Waals surface area contributed by atoms with Crippen molar-refractivity contribution < 1.29 is 13.6 Å². The summed E-state index contributed by atoms with van der Waals surface area (Å²) in [7, 11) is 0. The van der Waals surface area contributed by atoms with Gasteiger partial charge in [-0.2, -0.15) is 13.8 Å². The van der Waals surface area contributed by atoms with Gasteiger partial charge in [0.2, 0.25) is 11.9 Å². The molecule has 1 saturated carbocycles. The molecule has 0 aliphatic heterocycles. The molecule has 0 saturated heterocycles. The highest BCUT2D eigenvalue weighted by Crippen LogP contribution is 2.37. The minimum atomic E-state index is -1.06. The van der Waals surface area contributed by atoms with Crippen LogP contribution in [0.1, 0.15) is 29.4 Å². The number of nitrogens with one attached hydrogen (secondary N) is 1. The van der Waals surface area contributed by atoms with E-state index < -0.39 is 17.8 Å². The minimum Gasteiger partial charge on any atom is -0.339 e. The summed E-state index contributed by atoms with van der Waals surface area (Å²) in [6.45, 7) is 0. The number of nitrogens with zero attached hydrogens (tertiary/aromatic N) is 2. The van der Waals surface area contributed by atoms with Gasteiger partial charge in [0.1, 0.15) is 5.69 Å². The van der Waals surface area contributed by atoms with Gasteiger partial charge in [-0.3, -0.25) is 4.79 Å². The molecule has 20 heavy (non-hydrogen) atoms. The molecule has 1 aliphatic rings. The maximum absolute atomic E-state index is 13.4. The van der Waals surface area contributed by atoms with Gasteiger partial charge in [-0.05, 0) is 31.0 Å². The number of carbonyl (C=O) groups excluding carboxylic acids is 1. The van der Waals surface area contributed by atoms with E-state index in [0.717, 1.165) is 25.0 Å². The minimum absolute atomic E-state index is 0.170. The zero-order chi connectivity index (χ0) is 14.3. The second kappa shape index (κ2) is 4.86. The van der Waals surface area contributed by atoms with Crippen LogP contribution in [0.4, 0.5) is 14.5 Å². The number of pyridine rings is 1. The van der Waals surface area contributed by atoms with Crippen molar-refractivity contribution >= 4 is 23.2 Å². The molecule has 2 aromatic rings. The van der Waals surface area contributed by atoms with Crippen LogP contribution < -0.4 is 5.32 Å². The third-order valence-electron chi connectivity index (χ3n) is 3.05. The molecule has 0 bridgehead atoms. The van der Waals surface area contributed by atoms with Crippen LogP contribution in [0.5, 0.6) is 0 Å². The van der Waals surface area contributed by atoms with Crippen LogP contribution in [-0.4, -0.2) is 15.5 Å². The Bertz CT molecular complexity index is 682. The summed E-state index contributed by atoms with van der Waals surface area (Å²) in [4.78, 5) is 15.2. The van der Waals surface area contributed by atoms with Crippen molar-refractivity contribution in [1.29, 1.82) is 0 Å². The molecule has 7 heteroatoms. The van der Waals surface area contributed by atoms with Crippen molar-refractivity contribution in [3.63, 3.8) is 0 Å². The normalized spacial score (nSPS) is 14.3. The Hall–Kier alpha value is -1.95. The van der Waals surface area contributed by atoms with Crippen LogP contribution in [0.15, 0.2) is 24.4 Å². The molecule has 0 unspecified atom stereocenters. The van der Waals surface area contributed by atoms with Gasteiger partial charge >= 0.3 is 0 Å². The van der Waals surface area contributed by atoms with Crippen LogP contribution in [0.3, 0.4) is 0 Å². The molecule has 1 N–H and O–H groups in total. The zero-order valence-corrected chi connectivity index (χ0v) is 11.0. The highest BCUT2D eigenvalue weighted by Gasteiger charge is 2.28. The first-order chi connectivity index (χ1) is 9.54. The molecule has 0 atom stereocenters. The molecular weight excluding hydrogens is 288 g/mol. The van der Waals surface area contributed by atoms with Crippen molar-refractivity contribution in [1.82, 2.24) is 9.55 Å². The summed E-state index contributed by atoms with van der Waals surface area (Å²) in [6, 6.07) is 3.89. The number of rotatable bonds is 3. The number of hydrogen-bond donors (Lipinski definition) is 1. The number of anilines is 1. The quantitative estimate of drug-likeness (QED) is 0.883. The predicted octanol–water partition coefficient (Wildman–Crippen LogP) is 3.40. The molecule has 1 amide bonds. The second-order valence-electron chi connectivity index (χ2n) is 4.61. The summed E-state index contributed by atoms with van der Waals surface area (Å²) in [5, 5.41) is 2.81. The fourth-order valence-corrected chi connectivity index (χ4v) is 2.18. The monoisotopic (exact) mass is 297 g/mol. The van der Waals surface area contributed by atoms with Crippen molar-refractivity contribution in [2.75, 3.05) is 5.32 Å². The Labute approximate surface area is 118 Å². The van der Waals surface area contributed by atoms with Gasteiger partial charge < -0.3 is 9.88 Å². The topological polar surface area (TPSA) is 46.9 Å². The van der Waals surface area contributed by atoms with Gasteiger partial charge in [-0.1, -0.05) is 11.6 Å². The van der Waals surface area contributed by atoms with Crippen molar-refractivity contribution in [2.45, 2.75) is 18.9 Å². The first-order valence-electron chi connectivity index (χ1n) is 6.05. The first kappa shape index (κ1) is 13.1. The molecule has 1 aliphatic carbocycles. The molecule has 0 spiro atoms. The maximum Gasteiger partial charge on any atom is 0.272 e. The number of amides is 1. The maximum atomic E-state index is 13.4. The van der Waals surface area contributed by atoms with Gasteiger partial charge in [-0.15, -0.1) is 0 Å².